The normalized spacial score (nSPS) is 17.5. The molecule has 24 heavy (non-hydrogen) atoms. The Morgan fingerprint density at radius 1 is 1.21 bits per heavy atom. The summed E-state index contributed by atoms with van der Waals surface area (Å²) in [6.07, 6.45) is 4.45. The average Bonchev–Trinajstić information content (AvgIpc) is 3.22. The standard InChI is InChI=1S/C19H23N3O2/c1-14(2)22-13-15(11-18(22)23)12-20-19(24)16-5-7-17(8-6-16)21-9-3-4-10-21/h3-10,14-15H,11-13H2,1-2H3,(H,20,24). The lowest BCUT2D eigenvalue weighted by molar-refractivity contribution is -0.129. The topological polar surface area (TPSA) is 54.3 Å². The molecular formula is C19H23N3O2. The molecule has 1 aromatic carbocycles. The predicted molar refractivity (Wildman–Crippen MR) is 93.1 cm³/mol. The van der Waals surface area contributed by atoms with Gasteiger partial charge in [-0.15, -0.1) is 0 Å². The fourth-order valence-electron chi connectivity index (χ4n) is 3.07. The van der Waals surface area contributed by atoms with E-state index >= 15 is 0 Å². The second-order valence-corrected chi connectivity index (χ2v) is 6.56. The molecule has 1 aliphatic rings. The highest BCUT2D eigenvalue weighted by molar-refractivity contribution is 5.94. The van der Waals surface area contributed by atoms with E-state index in [1.807, 2.05) is 72.1 Å². The molecule has 1 unspecified atom stereocenters. The Labute approximate surface area is 142 Å². The van der Waals surface area contributed by atoms with Gasteiger partial charge >= 0.3 is 0 Å². The number of likely N-dealkylation sites (tertiary alicyclic amines) is 1. The summed E-state index contributed by atoms with van der Waals surface area (Å²) in [7, 11) is 0. The number of nitrogens with one attached hydrogen (secondary N) is 1. The molecular weight excluding hydrogens is 302 g/mol. The van der Waals surface area contributed by atoms with E-state index in [0.717, 1.165) is 12.2 Å². The van der Waals surface area contributed by atoms with Crippen LogP contribution in [0.1, 0.15) is 30.6 Å². The van der Waals surface area contributed by atoms with Gasteiger partial charge in [0.15, 0.2) is 0 Å². The van der Waals surface area contributed by atoms with Crippen LogP contribution in [-0.2, 0) is 4.79 Å². The molecule has 0 saturated carbocycles. The zero-order valence-corrected chi connectivity index (χ0v) is 14.1. The van der Waals surface area contributed by atoms with Crippen LogP contribution >= 0.6 is 0 Å². The predicted octanol–water partition coefficient (Wildman–Crippen LogP) is 2.46. The molecule has 5 nitrogen and oxygen atoms in total. The van der Waals surface area contributed by atoms with Crippen LogP contribution in [0, 0.1) is 5.92 Å². The third-order valence-electron chi connectivity index (χ3n) is 4.45. The molecule has 1 aliphatic heterocycles. The number of benzene rings is 1. The number of hydrogen-bond donors (Lipinski definition) is 1. The van der Waals surface area contributed by atoms with E-state index in [9.17, 15) is 9.59 Å². The van der Waals surface area contributed by atoms with Gasteiger partial charge in [-0.1, -0.05) is 0 Å². The summed E-state index contributed by atoms with van der Waals surface area (Å²) >= 11 is 0. The molecule has 1 atom stereocenters. The minimum Gasteiger partial charge on any atom is -0.352 e. The van der Waals surface area contributed by atoms with Gasteiger partial charge in [-0.2, -0.15) is 0 Å². The van der Waals surface area contributed by atoms with Gasteiger partial charge in [0.05, 0.1) is 0 Å². The van der Waals surface area contributed by atoms with Gasteiger partial charge in [-0.3, -0.25) is 9.59 Å². The third-order valence-corrected chi connectivity index (χ3v) is 4.45. The van der Waals surface area contributed by atoms with Gasteiger partial charge in [0, 0.05) is 55.1 Å². The van der Waals surface area contributed by atoms with Crippen molar-refractivity contribution in [2.75, 3.05) is 13.1 Å². The van der Waals surface area contributed by atoms with Gasteiger partial charge in [-0.05, 0) is 50.2 Å². The Balaban J connectivity index is 1.55. The van der Waals surface area contributed by atoms with E-state index in [-0.39, 0.29) is 23.8 Å². The van der Waals surface area contributed by atoms with Crippen LogP contribution in [0.2, 0.25) is 0 Å². The van der Waals surface area contributed by atoms with Crippen molar-refractivity contribution in [3.8, 4) is 5.69 Å². The maximum absolute atomic E-state index is 12.3. The van der Waals surface area contributed by atoms with Crippen molar-refractivity contribution < 1.29 is 9.59 Å². The van der Waals surface area contributed by atoms with E-state index in [2.05, 4.69) is 5.32 Å². The molecule has 3 rings (SSSR count). The molecule has 126 valence electrons. The molecule has 5 heteroatoms. The zero-order chi connectivity index (χ0) is 17.1. The fraction of sp³-hybridized carbons (Fsp3) is 0.368. The van der Waals surface area contributed by atoms with Gasteiger partial charge < -0.3 is 14.8 Å². The molecule has 2 heterocycles. The van der Waals surface area contributed by atoms with Gasteiger partial charge in [0.1, 0.15) is 0 Å². The third kappa shape index (κ3) is 3.50. The van der Waals surface area contributed by atoms with Crippen molar-refractivity contribution in [1.29, 1.82) is 0 Å². The Bertz CT molecular complexity index is 705. The summed E-state index contributed by atoms with van der Waals surface area (Å²) < 4.78 is 1.99. The van der Waals surface area contributed by atoms with Crippen molar-refractivity contribution in [2.24, 2.45) is 5.92 Å². The summed E-state index contributed by atoms with van der Waals surface area (Å²) in [5.74, 6) is 0.285. The molecule has 0 spiro atoms. The summed E-state index contributed by atoms with van der Waals surface area (Å²) in [6.45, 7) is 5.30. The molecule has 0 bridgehead atoms. The Morgan fingerprint density at radius 2 is 1.88 bits per heavy atom. The van der Waals surface area contributed by atoms with Crippen molar-refractivity contribution >= 4 is 11.8 Å². The first-order chi connectivity index (χ1) is 11.5. The van der Waals surface area contributed by atoms with E-state index in [0.29, 0.717) is 18.5 Å². The largest absolute Gasteiger partial charge is 0.352 e. The van der Waals surface area contributed by atoms with E-state index in [1.54, 1.807) is 0 Å². The molecule has 1 N–H and O–H groups in total. The second kappa shape index (κ2) is 6.91. The van der Waals surface area contributed by atoms with Crippen molar-refractivity contribution in [3.05, 3.63) is 54.4 Å². The first kappa shape index (κ1) is 16.3. The Kier molecular flexibility index (Phi) is 4.69. The first-order valence-corrected chi connectivity index (χ1v) is 8.35. The maximum Gasteiger partial charge on any atom is 0.251 e. The number of hydrogen-bond acceptors (Lipinski definition) is 2. The SMILES string of the molecule is CC(C)N1CC(CNC(=O)c2ccc(-n3cccc3)cc2)CC1=O. The van der Waals surface area contributed by atoms with Crippen LogP contribution in [0.15, 0.2) is 48.8 Å². The smallest absolute Gasteiger partial charge is 0.251 e. The minimum absolute atomic E-state index is 0.0931. The number of amides is 2. The van der Waals surface area contributed by atoms with Crippen molar-refractivity contribution in [1.82, 2.24) is 14.8 Å². The lowest BCUT2D eigenvalue weighted by Crippen LogP contribution is -2.34. The number of aromatic nitrogens is 1. The van der Waals surface area contributed by atoms with Crippen LogP contribution in [-0.4, -0.2) is 40.4 Å². The number of nitrogens with zero attached hydrogens (tertiary/aromatic N) is 2. The number of carbonyl (C=O) groups is 2. The highest BCUT2D eigenvalue weighted by Gasteiger charge is 2.31. The van der Waals surface area contributed by atoms with Gasteiger partial charge in [-0.25, -0.2) is 0 Å². The molecule has 0 radical (unpaired) electrons. The van der Waals surface area contributed by atoms with Crippen LogP contribution < -0.4 is 5.32 Å². The molecule has 2 aromatic rings. The molecule has 1 aromatic heterocycles. The first-order valence-electron chi connectivity index (χ1n) is 8.35. The zero-order valence-electron chi connectivity index (χ0n) is 14.1. The molecule has 2 amide bonds. The lowest BCUT2D eigenvalue weighted by atomic mass is 10.1. The summed E-state index contributed by atoms with van der Waals surface area (Å²) in [4.78, 5) is 26.1. The molecule has 0 aliphatic carbocycles. The van der Waals surface area contributed by atoms with Crippen LogP contribution in [0.4, 0.5) is 0 Å². The molecule has 1 fully saturated rings. The Morgan fingerprint density at radius 3 is 2.46 bits per heavy atom. The van der Waals surface area contributed by atoms with Crippen LogP contribution in [0.25, 0.3) is 5.69 Å². The molecule has 1 saturated heterocycles. The van der Waals surface area contributed by atoms with Crippen molar-refractivity contribution in [2.45, 2.75) is 26.3 Å². The monoisotopic (exact) mass is 325 g/mol. The fourth-order valence-corrected chi connectivity index (χ4v) is 3.07. The van der Waals surface area contributed by atoms with Crippen LogP contribution in [0.5, 0.6) is 0 Å². The summed E-state index contributed by atoms with van der Waals surface area (Å²) in [5, 5.41) is 2.95. The van der Waals surface area contributed by atoms with E-state index in [4.69, 9.17) is 0 Å². The van der Waals surface area contributed by atoms with Crippen molar-refractivity contribution in [3.63, 3.8) is 0 Å². The highest BCUT2D eigenvalue weighted by atomic mass is 16.2. The average molecular weight is 325 g/mol. The van der Waals surface area contributed by atoms with E-state index in [1.165, 1.54) is 0 Å². The lowest BCUT2D eigenvalue weighted by Gasteiger charge is -2.21. The van der Waals surface area contributed by atoms with Gasteiger partial charge in [0.25, 0.3) is 5.91 Å². The number of carbonyl (C=O) groups excluding carboxylic acids is 2. The minimum atomic E-state index is -0.0931. The maximum atomic E-state index is 12.3. The Hall–Kier alpha value is -2.56. The van der Waals surface area contributed by atoms with Gasteiger partial charge in [0.2, 0.25) is 5.91 Å². The highest BCUT2D eigenvalue weighted by Crippen LogP contribution is 2.19. The summed E-state index contributed by atoms with van der Waals surface area (Å²) in [6, 6.07) is 11.6. The van der Waals surface area contributed by atoms with E-state index < -0.39 is 0 Å². The summed E-state index contributed by atoms with van der Waals surface area (Å²) in [5.41, 5.74) is 1.65. The second-order valence-electron chi connectivity index (χ2n) is 6.56. The van der Waals surface area contributed by atoms with Crippen LogP contribution in [0.3, 0.4) is 0 Å². The number of rotatable bonds is 5. The quantitative estimate of drug-likeness (QED) is 0.918.